The van der Waals surface area contributed by atoms with Gasteiger partial charge in [-0.2, -0.15) is 18.3 Å². The molecule has 1 atom stereocenters. The molecule has 2 aromatic rings. The molecule has 6 nitrogen and oxygen atoms in total. The largest absolute Gasteiger partial charge is 0.495 e. The SMILES string of the molecule is COc1ccc(NC(=O)C(C)n2nc(C(F)(F)F)ccc2=O)cc1Cl. The zero-order chi connectivity index (χ0) is 18.8. The van der Waals surface area contributed by atoms with Crippen LogP contribution in [0.5, 0.6) is 5.75 Å². The lowest BCUT2D eigenvalue weighted by Crippen LogP contribution is -2.34. The number of nitrogens with zero attached hydrogens (tertiary/aromatic N) is 2. The summed E-state index contributed by atoms with van der Waals surface area (Å²) in [5, 5.41) is 5.92. The minimum absolute atomic E-state index is 0.238. The Morgan fingerprint density at radius 1 is 1.32 bits per heavy atom. The van der Waals surface area contributed by atoms with E-state index in [0.717, 1.165) is 0 Å². The normalized spacial score (nSPS) is 12.6. The summed E-state index contributed by atoms with van der Waals surface area (Å²) in [5.74, 6) is -0.335. The van der Waals surface area contributed by atoms with Gasteiger partial charge in [-0.25, -0.2) is 4.68 Å². The number of nitrogens with one attached hydrogen (secondary N) is 1. The predicted octanol–water partition coefficient (Wildman–Crippen LogP) is 3.12. The maximum atomic E-state index is 12.7. The number of alkyl halides is 3. The summed E-state index contributed by atoms with van der Waals surface area (Å²) in [6, 6.07) is 4.43. The molecule has 0 saturated heterocycles. The first kappa shape index (κ1) is 18.8. The summed E-state index contributed by atoms with van der Waals surface area (Å²) in [7, 11) is 1.42. The summed E-state index contributed by atoms with van der Waals surface area (Å²) in [6.07, 6.45) is -4.73. The highest BCUT2D eigenvalue weighted by Gasteiger charge is 2.34. The van der Waals surface area contributed by atoms with Gasteiger partial charge < -0.3 is 10.1 Å². The second-order valence-electron chi connectivity index (χ2n) is 5.01. The number of anilines is 1. The van der Waals surface area contributed by atoms with Crippen molar-refractivity contribution in [3.05, 3.63) is 51.4 Å². The molecule has 0 spiro atoms. The third-order valence-corrected chi connectivity index (χ3v) is 3.58. The Kier molecular flexibility index (Phi) is 5.36. The first-order chi connectivity index (χ1) is 11.6. The van der Waals surface area contributed by atoms with Crippen molar-refractivity contribution in [1.82, 2.24) is 9.78 Å². The number of rotatable bonds is 4. The standard InChI is InChI=1S/C15H13ClF3N3O3/c1-8(22-13(23)6-5-12(21-22)15(17,18)19)14(24)20-9-3-4-11(25-2)10(16)7-9/h3-8H,1-2H3,(H,20,24). The van der Waals surface area contributed by atoms with Crippen molar-refractivity contribution in [3.63, 3.8) is 0 Å². The Balaban J connectivity index is 2.25. The lowest BCUT2D eigenvalue weighted by molar-refractivity contribution is -0.142. The van der Waals surface area contributed by atoms with Crippen molar-refractivity contribution in [2.24, 2.45) is 0 Å². The number of benzene rings is 1. The van der Waals surface area contributed by atoms with Gasteiger partial charge in [0.05, 0.1) is 12.1 Å². The van der Waals surface area contributed by atoms with E-state index in [1.807, 2.05) is 0 Å². The van der Waals surface area contributed by atoms with E-state index in [9.17, 15) is 22.8 Å². The number of carbonyl (C=O) groups excluding carboxylic acids is 1. The van der Waals surface area contributed by atoms with Crippen LogP contribution in [0.4, 0.5) is 18.9 Å². The molecule has 2 rings (SSSR count). The Morgan fingerprint density at radius 3 is 2.56 bits per heavy atom. The molecule has 1 heterocycles. The molecule has 0 aliphatic carbocycles. The van der Waals surface area contributed by atoms with Crippen molar-refractivity contribution < 1.29 is 22.7 Å². The molecular formula is C15H13ClF3N3O3. The fraction of sp³-hybridized carbons (Fsp3) is 0.267. The van der Waals surface area contributed by atoms with Gasteiger partial charge in [-0.3, -0.25) is 9.59 Å². The van der Waals surface area contributed by atoms with E-state index in [1.54, 1.807) is 0 Å². The highest BCUT2D eigenvalue weighted by molar-refractivity contribution is 6.32. The predicted molar refractivity (Wildman–Crippen MR) is 84.8 cm³/mol. The van der Waals surface area contributed by atoms with E-state index >= 15 is 0 Å². The Labute approximate surface area is 145 Å². The topological polar surface area (TPSA) is 73.2 Å². The smallest absolute Gasteiger partial charge is 0.435 e. The second-order valence-corrected chi connectivity index (χ2v) is 5.42. The molecule has 25 heavy (non-hydrogen) atoms. The molecule has 1 amide bonds. The Bertz CT molecular complexity index is 852. The van der Waals surface area contributed by atoms with Gasteiger partial charge in [0.2, 0.25) is 5.91 Å². The Hall–Kier alpha value is -2.55. The maximum absolute atomic E-state index is 12.7. The lowest BCUT2D eigenvalue weighted by Gasteiger charge is -2.16. The van der Waals surface area contributed by atoms with Gasteiger partial charge >= 0.3 is 6.18 Å². The third-order valence-electron chi connectivity index (χ3n) is 3.28. The second kappa shape index (κ2) is 7.14. The van der Waals surface area contributed by atoms with Crippen LogP contribution < -0.4 is 15.6 Å². The Morgan fingerprint density at radius 2 is 2.00 bits per heavy atom. The molecule has 10 heteroatoms. The average molecular weight is 376 g/mol. The van der Waals surface area contributed by atoms with Crippen LogP contribution in [0.25, 0.3) is 0 Å². The van der Waals surface area contributed by atoms with Crippen molar-refractivity contribution in [2.75, 3.05) is 12.4 Å². The molecule has 0 fully saturated rings. The zero-order valence-corrected chi connectivity index (χ0v) is 13.9. The summed E-state index contributed by atoms with van der Waals surface area (Å²) in [4.78, 5) is 24.0. The van der Waals surface area contributed by atoms with Crippen molar-refractivity contribution in [2.45, 2.75) is 19.1 Å². The number of hydrogen-bond acceptors (Lipinski definition) is 4. The molecule has 0 saturated carbocycles. The lowest BCUT2D eigenvalue weighted by atomic mass is 10.2. The van der Waals surface area contributed by atoms with Crippen LogP contribution in [0.15, 0.2) is 35.1 Å². The number of halogens is 4. The number of aromatic nitrogens is 2. The fourth-order valence-corrected chi connectivity index (χ4v) is 2.21. The molecule has 1 N–H and O–H groups in total. The number of methoxy groups -OCH3 is 1. The molecule has 0 aliphatic heterocycles. The number of ether oxygens (including phenoxy) is 1. The molecule has 1 aromatic carbocycles. The molecule has 0 aliphatic rings. The molecule has 1 aromatic heterocycles. The summed E-state index contributed by atoms with van der Waals surface area (Å²) in [5.41, 5.74) is -1.80. The minimum Gasteiger partial charge on any atom is -0.495 e. The summed E-state index contributed by atoms with van der Waals surface area (Å²) >= 11 is 5.94. The first-order valence-corrected chi connectivity index (χ1v) is 7.32. The van der Waals surface area contributed by atoms with Crippen LogP contribution >= 0.6 is 11.6 Å². The van der Waals surface area contributed by atoms with E-state index in [2.05, 4.69) is 10.4 Å². The van der Waals surface area contributed by atoms with Crippen LogP contribution in [0.2, 0.25) is 5.02 Å². The molecule has 1 unspecified atom stereocenters. The van der Waals surface area contributed by atoms with Crippen LogP contribution in [0, 0.1) is 0 Å². The van der Waals surface area contributed by atoms with Crippen LogP contribution in [-0.2, 0) is 11.0 Å². The van der Waals surface area contributed by atoms with Gasteiger partial charge in [0.1, 0.15) is 11.8 Å². The maximum Gasteiger partial charge on any atom is 0.435 e. The van der Waals surface area contributed by atoms with Gasteiger partial charge in [0, 0.05) is 11.8 Å². The molecular weight excluding hydrogens is 363 g/mol. The molecule has 0 bridgehead atoms. The average Bonchev–Trinajstić information content (AvgIpc) is 2.53. The molecule has 134 valence electrons. The van der Waals surface area contributed by atoms with Crippen LogP contribution in [0.3, 0.4) is 0 Å². The fourth-order valence-electron chi connectivity index (χ4n) is 1.96. The third kappa shape index (κ3) is 4.30. The van der Waals surface area contributed by atoms with E-state index in [4.69, 9.17) is 16.3 Å². The quantitative estimate of drug-likeness (QED) is 0.891. The number of amides is 1. The minimum atomic E-state index is -4.73. The van der Waals surface area contributed by atoms with E-state index < -0.39 is 29.4 Å². The first-order valence-electron chi connectivity index (χ1n) is 6.95. The van der Waals surface area contributed by atoms with Gasteiger partial charge in [0.25, 0.3) is 5.56 Å². The van der Waals surface area contributed by atoms with Gasteiger partial charge in [0.15, 0.2) is 5.69 Å². The van der Waals surface area contributed by atoms with Gasteiger partial charge in [-0.05, 0) is 31.2 Å². The monoisotopic (exact) mass is 375 g/mol. The van der Waals surface area contributed by atoms with Crippen molar-refractivity contribution >= 4 is 23.2 Å². The van der Waals surface area contributed by atoms with E-state index in [0.29, 0.717) is 28.3 Å². The summed E-state index contributed by atoms with van der Waals surface area (Å²) in [6.45, 7) is 1.26. The molecule has 0 radical (unpaired) electrons. The van der Waals surface area contributed by atoms with E-state index in [1.165, 1.54) is 32.2 Å². The highest BCUT2D eigenvalue weighted by atomic mass is 35.5. The van der Waals surface area contributed by atoms with Gasteiger partial charge in [-0.1, -0.05) is 11.6 Å². The highest BCUT2D eigenvalue weighted by Crippen LogP contribution is 2.28. The van der Waals surface area contributed by atoms with E-state index in [-0.39, 0.29) is 5.02 Å². The summed E-state index contributed by atoms with van der Waals surface area (Å²) < 4.78 is 43.6. The van der Waals surface area contributed by atoms with Crippen LogP contribution in [-0.4, -0.2) is 22.8 Å². The van der Waals surface area contributed by atoms with Crippen LogP contribution in [0.1, 0.15) is 18.7 Å². The zero-order valence-electron chi connectivity index (χ0n) is 13.1. The number of carbonyl (C=O) groups is 1. The van der Waals surface area contributed by atoms with Gasteiger partial charge in [-0.15, -0.1) is 0 Å². The van der Waals surface area contributed by atoms with Crippen molar-refractivity contribution in [3.8, 4) is 5.75 Å². The number of hydrogen-bond donors (Lipinski definition) is 1. The van der Waals surface area contributed by atoms with Crippen molar-refractivity contribution in [1.29, 1.82) is 0 Å².